The minimum Gasteiger partial charge on any atom is -0.369 e. The quantitative estimate of drug-likeness (QED) is 0.381. The van der Waals surface area contributed by atoms with Gasteiger partial charge in [0, 0.05) is 37.7 Å². The summed E-state index contributed by atoms with van der Waals surface area (Å²) in [6.45, 7) is 1.92. The molecule has 3 aromatic heterocycles. The Morgan fingerprint density at radius 3 is 2.62 bits per heavy atom. The van der Waals surface area contributed by atoms with Crippen LogP contribution < -0.4 is 4.90 Å². The average Bonchev–Trinajstić information content (AvgIpc) is 3.34. The van der Waals surface area contributed by atoms with Crippen molar-refractivity contribution >= 4 is 33.2 Å². The Bertz CT molecular complexity index is 1360. The van der Waals surface area contributed by atoms with Gasteiger partial charge >= 0.3 is 6.18 Å². The second-order valence-electron chi connectivity index (χ2n) is 8.42. The number of fused-ring (bicyclic) bond motifs is 1. The van der Waals surface area contributed by atoms with E-state index in [1.165, 1.54) is 35.9 Å². The number of benzene rings is 1. The molecule has 1 aliphatic carbocycles. The molecular weight excluding hydrogens is 465 g/mol. The van der Waals surface area contributed by atoms with Gasteiger partial charge in [0.2, 0.25) is 0 Å². The van der Waals surface area contributed by atoms with Gasteiger partial charge in [0.05, 0.1) is 34.3 Å². The van der Waals surface area contributed by atoms with Crippen molar-refractivity contribution in [3.8, 4) is 5.69 Å². The van der Waals surface area contributed by atoms with Gasteiger partial charge in [-0.2, -0.15) is 28.2 Å². The summed E-state index contributed by atoms with van der Waals surface area (Å²) in [6, 6.07) is 4.20. The number of thiazole rings is 1. The third-order valence-corrected chi connectivity index (χ3v) is 6.70. The van der Waals surface area contributed by atoms with Gasteiger partial charge < -0.3 is 4.90 Å². The van der Waals surface area contributed by atoms with Crippen LogP contribution in [0.3, 0.4) is 0 Å². The number of aromatic nitrogens is 5. The molecule has 0 spiro atoms. The monoisotopic (exact) mass is 486 g/mol. The number of rotatable bonds is 7. The van der Waals surface area contributed by atoms with Crippen LogP contribution in [0.5, 0.6) is 0 Å². The van der Waals surface area contributed by atoms with Crippen molar-refractivity contribution in [2.45, 2.75) is 44.8 Å². The molecule has 34 heavy (non-hydrogen) atoms. The summed E-state index contributed by atoms with van der Waals surface area (Å²) in [4.78, 5) is 26.0. The minimum atomic E-state index is -4.61. The second kappa shape index (κ2) is 8.46. The standard InChI is InChI=1S/C23H21F3N6OS/c1-13-30-20-21(31(2)16-4-5-16)15(12-27-22(20)34-13)11-17(33)9-14-3-6-19(32-28-7-8-29-32)18(10-14)23(24,25)26/h3,6-8,10,12,16H,4-5,9,11H2,1-2H3. The first-order valence-corrected chi connectivity index (χ1v) is 11.6. The molecule has 3 heterocycles. The molecule has 0 bridgehead atoms. The van der Waals surface area contributed by atoms with Gasteiger partial charge in [0.25, 0.3) is 0 Å². The number of anilines is 1. The molecular formula is C23H21F3N6OS. The normalized spacial score (nSPS) is 14.0. The van der Waals surface area contributed by atoms with E-state index in [0.29, 0.717) is 6.04 Å². The first-order chi connectivity index (χ1) is 16.2. The molecule has 0 radical (unpaired) electrons. The highest BCUT2D eigenvalue weighted by molar-refractivity contribution is 7.18. The lowest BCUT2D eigenvalue weighted by Gasteiger charge is -2.22. The van der Waals surface area contributed by atoms with E-state index in [-0.39, 0.29) is 29.9 Å². The number of hydrogen-bond donors (Lipinski definition) is 0. The third-order valence-electron chi connectivity index (χ3n) is 5.82. The first kappa shape index (κ1) is 22.5. The van der Waals surface area contributed by atoms with E-state index in [1.54, 1.807) is 6.20 Å². The van der Waals surface area contributed by atoms with Crippen molar-refractivity contribution in [2.75, 3.05) is 11.9 Å². The summed E-state index contributed by atoms with van der Waals surface area (Å²) < 4.78 is 41.1. The molecule has 0 amide bonds. The number of halogens is 3. The molecule has 4 aromatic rings. The number of Topliss-reactive ketones (excluding diaryl/α,β-unsaturated/α-hetero) is 1. The maximum absolute atomic E-state index is 13.7. The highest BCUT2D eigenvalue weighted by atomic mass is 32.1. The highest BCUT2D eigenvalue weighted by Gasteiger charge is 2.35. The Hall–Kier alpha value is -3.34. The Morgan fingerprint density at radius 1 is 1.21 bits per heavy atom. The predicted octanol–water partition coefficient (Wildman–Crippen LogP) is 4.55. The van der Waals surface area contributed by atoms with Crippen LogP contribution in [-0.4, -0.2) is 43.8 Å². The number of hydrogen-bond acceptors (Lipinski definition) is 7. The summed E-state index contributed by atoms with van der Waals surface area (Å²) >= 11 is 1.50. The zero-order valence-corrected chi connectivity index (χ0v) is 19.3. The Labute approximate surface area is 197 Å². The van der Waals surface area contributed by atoms with Gasteiger partial charge in [-0.25, -0.2) is 9.97 Å². The fourth-order valence-corrected chi connectivity index (χ4v) is 4.87. The molecule has 0 atom stereocenters. The number of carbonyl (C=O) groups is 1. The fourth-order valence-electron chi connectivity index (χ4n) is 4.11. The lowest BCUT2D eigenvalue weighted by Crippen LogP contribution is -2.22. The molecule has 0 unspecified atom stereocenters. The van der Waals surface area contributed by atoms with E-state index < -0.39 is 11.7 Å². The van der Waals surface area contributed by atoms with E-state index in [2.05, 4.69) is 25.1 Å². The number of pyridine rings is 1. The lowest BCUT2D eigenvalue weighted by atomic mass is 9.99. The van der Waals surface area contributed by atoms with Crippen molar-refractivity contribution in [2.24, 2.45) is 0 Å². The van der Waals surface area contributed by atoms with Crippen LogP contribution >= 0.6 is 11.3 Å². The Kier molecular flexibility index (Phi) is 5.59. The van der Waals surface area contributed by atoms with Gasteiger partial charge in [0.1, 0.15) is 16.1 Å². The highest BCUT2D eigenvalue weighted by Crippen LogP contribution is 2.38. The molecule has 0 N–H and O–H groups in total. The molecule has 1 saturated carbocycles. The third kappa shape index (κ3) is 4.39. The van der Waals surface area contributed by atoms with Gasteiger partial charge in [-0.3, -0.25) is 4.79 Å². The van der Waals surface area contributed by atoms with E-state index >= 15 is 0 Å². The van der Waals surface area contributed by atoms with Crippen LogP contribution in [0.4, 0.5) is 18.9 Å². The van der Waals surface area contributed by atoms with Crippen molar-refractivity contribution in [1.82, 2.24) is 25.0 Å². The summed E-state index contributed by atoms with van der Waals surface area (Å²) in [5.74, 6) is -0.198. The smallest absolute Gasteiger partial charge is 0.369 e. The number of carbonyl (C=O) groups excluding carboxylic acids is 1. The topological polar surface area (TPSA) is 76.8 Å². The second-order valence-corrected chi connectivity index (χ2v) is 9.60. The molecule has 1 fully saturated rings. The Morgan fingerprint density at radius 2 is 1.94 bits per heavy atom. The number of ketones is 1. The van der Waals surface area contributed by atoms with E-state index in [9.17, 15) is 18.0 Å². The van der Waals surface area contributed by atoms with Crippen LogP contribution in [0.1, 0.15) is 34.5 Å². The molecule has 1 aliphatic rings. The molecule has 0 aliphatic heterocycles. The largest absolute Gasteiger partial charge is 0.418 e. The maximum Gasteiger partial charge on any atom is 0.418 e. The number of nitrogens with zero attached hydrogens (tertiary/aromatic N) is 6. The fraction of sp³-hybridized carbons (Fsp3) is 0.348. The predicted molar refractivity (Wildman–Crippen MR) is 122 cm³/mol. The lowest BCUT2D eigenvalue weighted by molar-refractivity contribution is -0.137. The van der Waals surface area contributed by atoms with E-state index in [0.717, 1.165) is 50.3 Å². The van der Waals surface area contributed by atoms with Gasteiger partial charge in [-0.15, -0.1) is 0 Å². The van der Waals surface area contributed by atoms with Crippen LogP contribution in [0, 0.1) is 6.92 Å². The van der Waals surface area contributed by atoms with E-state index in [4.69, 9.17) is 0 Å². The number of alkyl halides is 3. The minimum absolute atomic E-state index is 0.0652. The van der Waals surface area contributed by atoms with Crippen molar-refractivity contribution in [3.05, 3.63) is 58.5 Å². The number of aryl methyl sites for hydroxylation is 1. The van der Waals surface area contributed by atoms with Gasteiger partial charge in [-0.05, 0) is 37.5 Å². The van der Waals surface area contributed by atoms with Gasteiger partial charge in [-0.1, -0.05) is 17.4 Å². The molecule has 1 aromatic carbocycles. The molecule has 5 rings (SSSR count). The van der Waals surface area contributed by atoms with Crippen molar-refractivity contribution < 1.29 is 18.0 Å². The molecule has 0 saturated heterocycles. The van der Waals surface area contributed by atoms with Crippen LogP contribution in [-0.2, 0) is 23.8 Å². The maximum atomic E-state index is 13.7. The summed E-state index contributed by atoms with van der Waals surface area (Å²) in [6.07, 6.45) is 1.79. The van der Waals surface area contributed by atoms with Crippen molar-refractivity contribution in [3.63, 3.8) is 0 Å². The first-order valence-electron chi connectivity index (χ1n) is 10.8. The van der Waals surface area contributed by atoms with Crippen LogP contribution in [0.25, 0.3) is 16.0 Å². The van der Waals surface area contributed by atoms with Crippen molar-refractivity contribution in [1.29, 1.82) is 0 Å². The van der Waals surface area contributed by atoms with Crippen LogP contribution in [0.15, 0.2) is 36.8 Å². The van der Waals surface area contributed by atoms with E-state index in [1.807, 2.05) is 14.0 Å². The summed E-state index contributed by atoms with van der Waals surface area (Å²) in [5, 5.41) is 8.49. The average molecular weight is 487 g/mol. The molecule has 7 nitrogen and oxygen atoms in total. The van der Waals surface area contributed by atoms with Gasteiger partial charge in [0.15, 0.2) is 0 Å². The SMILES string of the molecule is Cc1nc2c(N(C)C3CC3)c(CC(=O)Cc3ccc(-n4nccn4)c(C(F)(F)F)c3)cnc2s1. The Balaban J connectivity index is 1.43. The zero-order chi connectivity index (χ0) is 24.0. The molecule has 176 valence electrons. The zero-order valence-electron chi connectivity index (χ0n) is 18.5. The summed E-state index contributed by atoms with van der Waals surface area (Å²) in [5.41, 5.74) is 1.62. The summed E-state index contributed by atoms with van der Waals surface area (Å²) in [7, 11) is 1.99. The molecule has 11 heteroatoms. The van der Waals surface area contributed by atoms with Crippen LogP contribution in [0.2, 0.25) is 0 Å².